The number of aromatic nitrogens is 4. The molecule has 0 fully saturated rings. The maximum absolute atomic E-state index is 5.81. The predicted molar refractivity (Wildman–Crippen MR) is 99.5 cm³/mol. The lowest BCUT2D eigenvalue weighted by Crippen LogP contribution is -2.07. The Hall–Kier alpha value is -1.61. The van der Waals surface area contributed by atoms with Gasteiger partial charge in [-0.1, -0.05) is 17.8 Å². The molecule has 2 N–H and O–H groups in total. The van der Waals surface area contributed by atoms with Gasteiger partial charge in [0.05, 0.1) is 30.0 Å². The maximum atomic E-state index is 5.81. The van der Waals surface area contributed by atoms with Crippen LogP contribution in [0.15, 0.2) is 34.8 Å². The normalized spacial score (nSPS) is 10.5. The minimum absolute atomic E-state index is 0. The first-order valence-corrected chi connectivity index (χ1v) is 8.90. The van der Waals surface area contributed by atoms with E-state index in [4.69, 9.17) is 10.5 Å². The Labute approximate surface area is 154 Å². The number of rotatable bonds is 6. The molecule has 0 aliphatic carbocycles. The van der Waals surface area contributed by atoms with Crippen LogP contribution in [-0.2, 0) is 12.3 Å². The number of ether oxygens (including phenoxy) is 1. The van der Waals surface area contributed by atoms with E-state index in [0.29, 0.717) is 6.54 Å². The van der Waals surface area contributed by atoms with E-state index in [0.717, 1.165) is 38.9 Å². The lowest BCUT2D eigenvalue weighted by Gasteiger charge is -2.10. The van der Waals surface area contributed by atoms with Gasteiger partial charge in [-0.05, 0) is 19.1 Å². The van der Waals surface area contributed by atoms with E-state index >= 15 is 0 Å². The molecule has 0 amide bonds. The zero-order chi connectivity index (χ0) is 16.2. The average Bonchev–Trinajstić information content (AvgIpc) is 3.18. The Balaban J connectivity index is 0.00000208. The van der Waals surface area contributed by atoms with Gasteiger partial charge in [-0.2, -0.15) is 0 Å². The molecule has 2 aromatic heterocycles. The molecule has 0 radical (unpaired) electrons. The second kappa shape index (κ2) is 8.48. The van der Waals surface area contributed by atoms with Crippen molar-refractivity contribution >= 4 is 35.5 Å². The van der Waals surface area contributed by atoms with Gasteiger partial charge >= 0.3 is 0 Å². The van der Waals surface area contributed by atoms with Crippen molar-refractivity contribution in [2.45, 2.75) is 24.4 Å². The minimum atomic E-state index is 0. The standard InChI is InChI=1S/C15H17N5OS2.ClH/c1-10-17-11(8-22-10)9-23-15-19-18-14(7-16)20(15)12-4-3-5-13(6-12)21-2;/h3-6,8H,7,9,16H2,1-2H3;1H. The van der Waals surface area contributed by atoms with Crippen molar-refractivity contribution in [3.05, 3.63) is 46.2 Å². The van der Waals surface area contributed by atoms with Gasteiger partial charge in [0.25, 0.3) is 0 Å². The number of hydrogen-bond acceptors (Lipinski definition) is 7. The fourth-order valence-corrected chi connectivity index (χ4v) is 3.73. The summed E-state index contributed by atoms with van der Waals surface area (Å²) in [6.45, 7) is 2.32. The van der Waals surface area contributed by atoms with E-state index in [-0.39, 0.29) is 12.4 Å². The van der Waals surface area contributed by atoms with Gasteiger partial charge in [-0.25, -0.2) is 4.98 Å². The zero-order valence-electron chi connectivity index (χ0n) is 13.3. The smallest absolute Gasteiger partial charge is 0.196 e. The van der Waals surface area contributed by atoms with Crippen LogP contribution >= 0.6 is 35.5 Å². The Morgan fingerprint density at radius 3 is 2.83 bits per heavy atom. The zero-order valence-corrected chi connectivity index (χ0v) is 15.7. The van der Waals surface area contributed by atoms with Gasteiger partial charge in [-0.3, -0.25) is 4.57 Å². The molecule has 2 heterocycles. The number of halogens is 1. The fourth-order valence-electron chi connectivity index (χ4n) is 2.15. The quantitative estimate of drug-likeness (QED) is 0.658. The molecule has 0 saturated carbocycles. The highest BCUT2D eigenvalue weighted by atomic mass is 35.5. The van der Waals surface area contributed by atoms with Crippen LogP contribution in [-0.4, -0.2) is 26.9 Å². The first kappa shape index (κ1) is 18.7. The Morgan fingerprint density at radius 1 is 1.33 bits per heavy atom. The summed E-state index contributed by atoms with van der Waals surface area (Å²) < 4.78 is 7.26. The second-order valence-corrected chi connectivity index (χ2v) is 6.79. The van der Waals surface area contributed by atoms with E-state index in [1.807, 2.05) is 35.8 Å². The van der Waals surface area contributed by atoms with Crippen molar-refractivity contribution in [2.75, 3.05) is 7.11 Å². The van der Waals surface area contributed by atoms with Crippen molar-refractivity contribution in [2.24, 2.45) is 5.73 Å². The molecule has 0 aliphatic heterocycles. The number of hydrogen-bond donors (Lipinski definition) is 1. The molecular weight excluding hydrogens is 366 g/mol. The summed E-state index contributed by atoms with van der Waals surface area (Å²) in [6, 6.07) is 7.77. The van der Waals surface area contributed by atoms with Gasteiger partial charge in [0, 0.05) is 17.2 Å². The van der Waals surface area contributed by atoms with Crippen LogP contribution in [0.2, 0.25) is 0 Å². The minimum Gasteiger partial charge on any atom is -0.497 e. The third kappa shape index (κ3) is 4.07. The summed E-state index contributed by atoms with van der Waals surface area (Å²) in [6.07, 6.45) is 0. The van der Waals surface area contributed by atoms with Crippen LogP contribution in [0.5, 0.6) is 5.75 Å². The van der Waals surface area contributed by atoms with Gasteiger partial charge < -0.3 is 10.5 Å². The molecule has 0 unspecified atom stereocenters. The molecule has 9 heteroatoms. The molecule has 0 bridgehead atoms. The summed E-state index contributed by atoms with van der Waals surface area (Å²) in [5.41, 5.74) is 7.79. The van der Waals surface area contributed by atoms with Crippen LogP contribution in [0.25, 0.3) is 5.69 Å². The second-order valence-electron chi connectivity index (χ2n) is 4.79. The number of nitrogens with two attached hydrogens (primary N) is 1. The lowest BCUT2D eigenvalue weighted by atomic mass is 10.3. The third-order valence-corrected chi connectivity index (χ3v) is 5.00. The number of benzene rings is 1. The largest absolute Gasteiger partial charge is 0.497 e. The van der Waals surface area contributed by atoms with E-state index in [1.165, 1.54) is 0 Å². The van der Waals surface area contributed by atoms with Crippen LogP contribution in [0.4, 0.5) is 0 Å². The molecule has 6 nitrogen and oxygen atoms in total. The summed E-state index contributed by atoms with van der Waals surface area (Å²) in [4.78, 5) is 4.48. The topological polar surface area (TPSA) is 78.9 Å². The van der Waals surface area contributed by atoms with Crippen molar-refractivity contribution in [3.8, 4) is 11.4 Å². The Bertz CT molecular complexity index is 805. The summed E-state index contributed by atoms with van der Waals surface area (Å²) in [5.74, 6) is 2.25. The first-order chi connectivity index (χ1) is 11.2. The van der Waals surface area contributed by atoms with Crippen molar-refractivity contribution in [1.82, 2.24) is 19.7 Å². The van der Waals surface area contributed by atoms with Crippen LogP contribution < -0.4 is 10.5 Å². The number of thioether (sulfide) groups is 1. The highest BCUT2D eigenvalue weighted by Gasteiger charge is 2.14. The van der Waals surface area contributed by atoms with Crippen molar-refractivity contribution < 1.29 is 4.74 Å². The number of nitrogens with zero attached hydrogens (tertiary/aromatic N) is 4. The highest BCUT2D eigenvalue weighted by Crippen LogP contribution is 2.27. The van der Waals surface area contributed by atoms with Crippen LogP contribution in [0.1, 0.15) is 16.5 Å². The number of aryl methyl sites for hydroxylation is 1. The third-order valence-electron chi connectivity index (χ3n) is 3.21. The molecule has 24 heavy (non-hydrogen) atoms. The molecular formula is C15H18ClN5OS2. The first-order valence-electron chi connectivity index (χ1n) is 7.04. The molecule has 3 aromatic rings. The Morgan fingerprint density at radius 2 is 2.17 bits per heavy atom. The Kier molecular flexibility index (Phi) is 6.61. The average molecular weight is 384 g/mol. The monoisotopic (exact) mass is 383 g/mol. The van der Waals surface area contributed by atoms with E-state index in [9.17, 15) is 0 Å². The molecule has 0 spiro atoms. The van der Waals surface area contributed by atoms with Gasteiger partial charge in [0.2, 0.25) is 0 Å². The van der Waals surface area contributed by atoms with E-state index in [1.54, 1.807) is 30.2 Å². The van der Waals surface area contributed by atoms with Gasteiger partial charge in [0.1, 0.15) is 5.75 Å². The van der Waals surface area contributed by atoms with Crippen LogP contribution in [0, 0.1) is 6.92 Å². The highest BCUT2D eigenvalue weighted by molar-refractivity contribution is 7.98. The van der Waals surface area contributed by atoms with E-state index < -0.39 is 0 Å². The van der Waals surface area contributed by atoms with Crippen molar-refractivity contribution in [1.29, 1.82) is 0 Å². The lowest BCUT2D eigenvalue weighted by molar-refractivity contribution is 0.414. The van der Waals surface area contributed by atoms with E-state index in [2.05, 4.69) is 20.6 Å². The molecule has 0 saturated heterocycles. The number of thiazole rings is 1. The molecule has 128 valence electrons. The van der Waals surface area contributed by atoms with Crippen LogP contribution in [0.3, 0.4) is 0 Å². The summed E-state index contributed by atoms with van der Waals surface area (Å²) in [7, 11) is 1.65. The maximum Gasteiger partial charge on any atom is 0.196 e. The van der Waals surface area contributed by atoms with Gasteiger partial charge in [-0.15, -0.1) is 33.9 Å². The SMILES string of the molecule is COc1cccc(-n2c(CN)nnc2SCc2csc(C)n2)c1.Cl. The molecule has 1 aromatic carbocycles. The van der Waals surface area contributed by atoms with Crippen molar-refractivity contribution in [3.63, 3.8) is 0 Å². The fraction of sp³-hybridized carbons (Fsp3) is 0.267. The number of methoxy groups -OCH3 is 1. The van der Waals surface area contributed by atoms with Gasteiger partial charge in [0.15, 0.2) is 11.0 Å². The molecule has 3 rings (SSSR count). The predicted octanol–water partition coefficient (Wildman–Crippen LogP) is 3.21. The molecule has 0 atom stereocenters. The molecule has 0 aliphatic rings. The summed E-state index contributed by atoms with van der Waals surface area (Å²) in [5, 5.41) is 12.4. The summed E-state index contributed by atoms with van der Waals surface area (Å²) >= 11 is 3.25.